The summed E-state index contributed by atoms with van der Waals surface area (Å²) in [6, 6.07) is 67.6. The minimum absolute atomic E-state index is 0.0210. The van der Waals surface area contributed by atoms with Gasteiger partial charge in [-0.25, -0.2) is 0 Å². The molecule has 5 heterocycles. The average molecular weight is 759 g/mol. The summed E-state index contributed by atoms with van der Waals surface area (Å²) in [4.78, 5) is 0. The van der Waals surface area contributed by atoms with Crippen LogP contribution in [0.4, 0.5) is 0 Å². The second-order valence-electron chi connectivity index (χ2n) is 17.7. The molecule has 4 aliphatic rings. The molecule has 3 heteroatoms. The molecule has 0 bridgehead atoms. The summed E-state index contributed by atoms with van der Waals surface area (Å²) in [5.74, 6) is 0. The van der Waals surface area contributed by atoms with Gasteiger partial charge in [-0.2, -0.15) is 0 Å². The number of benzene rings is 9. The quantitative estimate of drug-likeness (QED) is 0.155. The summed E-state index contributed by atoms with van der Waals surface area (Å²) >= 11 is 0. The first kappa shape index (κ1) is 31.6. The van der Waals surface area contributed by atoms with Gasteiger partial charge in [0.05, 0.1) is 22.1 Å². The van der Waals surface area contributed by atoms with Crippen LogP contribution in [0.2, 0.25) is 0 Å². The molecule has 11 aromatic rings. The van der Waals surface area contributed by atoms with Gasteiger partial charge in [0.1, 0.15) is 0 Å². The summed E-state index contributed by atoms with van der Waals surface area (Å²) < 4.78 is 5.39. The molecule has 0 saturated heterocycles. The van der Waals surface area contributed by atoms with Gasteiger partial charge in [-0.05, 0) is 97.6 Å². The highest BCUT2D eigenvalue weighted by molar-refractivity contribution is 7.01. The van der Waals surface area contributed by atoms with Crippen molar-refractivity contribution in [3.8, 4) is 44.9 Å². The molecule has 2 aromatic heterocycles. The molecular weight excluding hydrogens is 723 g/mol. The Labute approximate surface area is 347 Å². The lowest BCUT2D eigenvalue weighted by Crippen LogP contribution is -2.60. The van der Waals surface area contributed by atoms with Crippen LogP contribution in [0.3, 0.4) is 0 Å². The second-order valence-corrected chi connectivity index (χ2v) is 17.7. The van der Waals surface area contributed by atoms with Gasteiger partial charge in [-0.1, -0.05) is 175 Å². The number of fused-ring (bicyclic) bond motifs is 13. The minimum atomic E-state index is -0.499. The van der Waals surface area contributed by atoms with Crippen molar-refractivity contribution >= 4 is 66.6 Å². The number of nitrogens with zero attached hydrogens (tertiary/aromatic N) is 2. The third kappa shape index (κ3) is 3.43. The van der Waals surface area contributed by atoms with Gasteiger partial charge in [0.2, 0.25) is 0 Å². The number of aryl methyl sites for hydroxylation is 2. The van der Waals surface area contributed by atoms with Crippen LogP contribution in [-0.4, -0.2) is 15.8 Å². The van der Waals surface area contributed by atoms with E-state index in [1.807, 2.05) is 0 Å². The fourth-order valence-corrected chi connectivity index (χ4v) is 12.7. The highest BCUT2D eigenvalue weighted by Gasteiger charge is 2.54. The molecule has 276 valence electrons. The van der Waals surface area contributed by atoms with Crippen LogP contribution in [0.25, 0.3) is 88.4 Å². The maximum absolute atomic E-state index is 2.71. The van der Waals surface area contributed by atoms with Crippen molar-refractivity contribution in [3.05, 3.63) is 209 Å². The molecule has 60 heavy (non-hydrogen) atoms. The Bertz CT molecular complexity index is 3740. The maximum Gasteiger partial charge on any atom is 0.253 e. The Hall–Kier alpha value is -7.36. The molecule has 1 aliphatic carbocycles. The van der Waals surface area contributed by atoms with Crippen LogP contribution >= 0.6 is 0 Å². The largest absolute Gasteiger partial charge is 0.310 e. The first-order valence-corrected chi connectivity index (χ1v) is 21.3. The van der Waals surface area contributed by atoms with Gasteiger partial charge in [0, 0.05) is 38.6 Å². The van der Waals surface area contributed by atoms with Crippen molar-refractivity contribution in [2.45, 2.75) is 19.3 Å². The van der Waals surface area contributed by atoms with Crippen molar-refractivity contribution in [1.29, 1.82) is 0 Å². The van der Waals surface area contributed by atoms with Crippen LogP contribution in [-0.2, 0) is 5.41 Å². The molecule has 9 aromatic carbocycles. The third-order valence-corrected chi connectivity index (χ3v) is 14.8. The number of rotatable bonds is 2. The molecule has 0 amide bonds. The highest BCUT2D eigenvalue weighted by Crippen LogP contribution is 2.62. The van der Waals surface area contributed by atoms with Crippen LogP contribution in [0.5, 0.6) is 0 Å². The van der Waals surface area contributed by atoms with E-state index in [0.29, 0.717) is 0 Å². The number of hydrogen-bond donors (Lipinski definition) is 0. The van der Waals surface area contributed by atoms with Crippen molar-refractivity contribution in [3.63, 3.8) is 0 Å². The SMILES string of the molecule is Cc1ccc2c(c1)C1(c3cc(C)ccc3-2)c2ccc3c4c2-n2c5c(cccc5c5cccc1c52)B4c1c2ccccc2cc2c(-c4ccccc4)c(-c4ccccc4)n-3c12. The van der Waals surface area contributed by atoms with E-state index in [2.05, 4.69) is 199 Å². The van der Waals surface area contributed by atoms with E-state index in [0.717, 1.165) is 0 Å². The molecule has 1 spiro atoms. The van der Waals surface area contributed by atoms with Crippen LogP contribution < -0.4 is 16.4 Å². The lowest BCUT2D eigenvalue weighted by atomic mass is 9.33. The fourth-order valence-electron chi connectivity index (χ4n) is 12.7. The standard InChI is InChI=1S/C57H35BN2/c1-32-23-25-38-39-26-24-33(2)30-46(39)57(45(38)29-32)43-21-11-19-40-41-20-12-22-47-54(41)60(53(40)43)56-44(57)27-28-48-51(56)58(47)50-37-18-10-9-17-36(37)31-42-49(34-13-5-3-6-14-34)52(59(48)55(42)50)35-15-7-4-8-16-35/h3-31H,1-2H3. The Morgan fingerprint density at radius 1 is 0.433 bits per heavy atom. The predicted octanol–water partition coefficient (Wildman–Crippen LogP) is 11.7. The first-order chi connectivity index (χ1) is 29.6. The molecule has 0 radical (unpaired) electrons. The van der Waals surface area contributed by atoms with Gasteiger partial charge in [0.25, 0.3) is 6.71 Å². The van der Waals surface area contributed by atoms with Gasteiger partial charge >= 0.3 is 0 Å². The number of aromatic nitrogens is 2. The van der Waals surface area contributed by atoms with E-state index in [1.54, 1.807) is 0 Å². The van der Waals surface area contributed by atoms with Crippen LogP contribution in [0.1, 0.15) is 33.4 Å². The normalized spacial score (nSPS) is 14.3. The van der Waals surface area contributed by atoms with Crippen LogP contribution in [0.15, 0.2) is 176 Å². The van der Waals surface area contributed by atoms with E-state index >= 15 is 0 Å². The van der Waals surface area contributed by atoms with E-state index < -0.39 is 5.41 Å². The van der Waals surface area contributed by atoms with E-state index in [-0.39, 0.29) is 6.71 Å². The Morgan fingerprint density at radius 2 is 1.08 bits per heavy atom. The molecule has 15 rings (SSSR count). The molecule has 0 unspecified atom stereocenters. The number of para-hydroxylation sites is 2. The fraction of sp³-hybridized carbons (Fsp3) is 0.0526. The van der Waals surface area contributed by atoms with Crippen molar-refractivity contribution in [1.82, 2.24) is 9.13 Å². The Balaban J connectivity index is 1.22. The second kappa shape index (κ2) is 10.6. The smallest absolute Gasteiger partial charge is 0.253 e. The molecule has 0 saturated carbocycles. The topological polar surface area (TPSA) is 9.86 Å². The van der Waals surface area contributed by atoms with Gasteiger partial charge in [0.15, 0.2) is 0 Å². The lowest BCUT2D eigenvalue weighted by Gasteiger charge is -2.44. The average Bonchev–Trinajstić information content (AvgIpc) is 3.91. The first-order valence-electron chi connectivity index (χ1n) is 21.3. The molecule has 0 N–H and O–H groups in total. The summed E-state index contributed by atoms with van der Waals surface area (Å²) in [5.41, 5.74) is 26.2. The third-order valence-electron chi connectivity index (χ3n) is 14.8. The van der Waals surface area contributed by atoms with Crippen molar-refractivity contribution in [2.24, 2.45) is 0 Å². The zero-order valence-corrected chi connectivity index (χ0v) is 33.2. The van der Waals surface area contributed by atoms with Crippen molar-refractivity contribution in [2.75, 3.05) is 0 Å². The molecule has 0 fully saturated rings. The predicted molar refractivity (Wildman–Crippen MR) is 251 cm³/mol. The summed E-state index contributed by atoms with van der Waals surface area (Å²) in [7, 11) is 0. The highest BCUT2D eigenvalue weighted by atomic mass is 15.1. The van der Waals surface area contributed by atoms with Gasteiger partial charge < -0.3 is 9.13 Å². The van der Waals surface area contributed by atoms with E-state index in [1.165, 1.54) is 138 Å². The summed E-state index contributed by atoms with van der Waals surface area (Å²) in [6.45, 7) is 4.54. The zero-order valence-electron chi connectivity index (χ0n) is 33.2. The number of hydrogen-bond acceptors (Lipinski definition) is 0. The molecular formula is C57H35BN2. The monoisotopic (exact) mass is 758 g/mol. The van der Waals surface area contributed by atoms with Crippen molar-refractivity contribution < 1.29 is 0 Å². The minimum Gasteiger partial charge on any atom is -0.310 e. The maximum atomic E-state index is 2.71. The van der Waals surface area contributed by atoms with E-state index in [9.17, 15) is 0 Å². The Morgan fingerprint density at radius 3 is 1.83 bits per heavy atom. The van der Waals surface area contributed by atoms with Gasteiger partial charge in [-0.15, -0.1) is 0 Å². The van der Waals surface area contributed by atoms with Gasteiger partial charge in [-0.3, -0.25) is 0 Å². The van der Waals surface area contributed by atoms with Crippen LogP contribution in [0, 0.1) is 13.8 Å². The zero-order chi connectivity index (χ0) is 39.2. The molecule has 0 atom stereocenters. The summed E-state index contributed by atoms with van der Waals surface area (Å²) in [6.07, 6.45) is 0. The van der Waals surface area contributed by atoms with E-state index in [4.69, 9.17) is 0 Å². The lowest BCUT2D eigenvalue weighted by molar-refractivity contribution is 0.747. The molecule has 2 nitrogen and oxygen atoms in total. The summed E-state index contributed by atoms with van der Waals surface area (Å²) in [5, 5.41) is 6.58. The molecule has 3 aliphatic heterocycles. The Kier molecular flexibility index (Phi) is 5.60.